The molecule has 1 aromatic heterocycles. The molecule has 1 atom stereocenters. The molecule has 3 aromatic rings. The molecule has 0 amide bonds. The van der Waals surface area contributed by atoms with Gasteiger partial charge in [0, 0.05) is 6.66 Å². The van der Waals surface area contributed by atoms with Gasteiger partial charge in [0.1, 0.15) is 5.84 Å². The lowest BCUT2D eigenvalue weighted by Crippen LogP contribution is -2.30. The van der Waals surface area contributed by atoms with E-state index in [1.54, 1.807) is 11.0 Å². The minimum Gasteiger partial charge on any atom is -0.290 e. The molecule has 0 saturated heterocycles. The standard InChI is InChI=1S/C17H17N4OP/c1-13-18-17-19-15-10-6-7-11-16(15)21(17)23(2,22)20(13)12-14-8-4-3-5-9-14/h3-11H,12H2,1-2H3. The van der Waals surface area contributed by atoms with Gasteiger partial charge in [-0.3, -0.25) is 9.24 Å². The summed E-state index contributed by atoms with van der Waals surface area (Å²) in [6, 6.07) is 17.8. The van der Waals surface area contributed by atoms with Gasteiger partial charge in [-0.1, -0.05) is 42.5 Å². The SMILES string of the molecule is CC1=Nc2nc3ccccc3n2P(C)(=O)N1Cc1ccccc1. The first-order valence-electron chi connectivity index (χ1n) is 7.50. The van der Waals surface area contributed by atoms with Gasteiger partial charge in [0.2, 0.25) is 5.95 Å². The highest BCUT2D eigenvalue weighted by Gasteiger charge is 2.36. The lowest BCUT2D eigenvalue weighted by atomic mass is 10.2. The number of amidine groups is 1. The lowest BCUT2D eigenvalue weighted by Gasteiger charge is -2.34. The summed E-state index contributed by atoms with van der Waals surface area (Å²) in [5, 5.41) is 0. The molecule has 2 aromatic carbocycles. The summed E-state index contributed by atoms with van der Waals surface area (Å²) in [6.45, 7) is 4.24. The molecule has 5 nitrogen and oxygen atoms in total. The molecule has 0 spiro atoms. The fourth-order valence-electron chi connectivity index (χ4n) is 3.02. The molecule has 0 bridgehead atoms. The molecule has 2 heterocycles. The van der Waals surface area contributed by atoms with Crippen LogP contribution in [0.25, 0.3) is 11.0 Å². The summed E-state index contributed by atoms with van der Waals surface area (Å²) in [6.07, 6.45) is 0. The maximum Gasteiger partial charge on any atom is 0.268 e. The van der Waals surface area contributed by atoms with Gasteiger partial charge in [-0.15, -0.1) is 0 Å². The Balaban J connectivity index is 1.87. The average Bonchev–Trinajstić information content (AvgIpc) is 2.91. The topological polar surface area (TPSA) is 50.5 Å². The van der Waals surface area contributed by atoms with Crippen molar-refractivity contribution in [3.05, 3.63) is 60.2 Å². The van der Waals surface area contributed by atoms with Gasteiger partial charge in [-0.25, -0.2) is 9.32 Å². The fourth-order valence-corrected chi connectivity index (χ4v) is 5.23. The Labute approximate surface area is 134 Å². The van der Waals surface area contributed by atoms with E-state index >= 15 is 0 Å². The normalized spacial score (nSPS) is 20.4. The van der Waals surface area contributed by atoms with Gasteiger partial charge in [-0.05, 0) is 24.6 Å². The van der Waals surface area contributed by atoms with Gasteiger partial charge in [0.25, 0.3) is 7.44 Å². The van der Waals surface area contributed by atoms with Crippen LogP contribution in [0.3, 0.4) is 0 Å². The zero-order valence-electron chi connectivity index (χ0n) is 13.0. The van der Waals surface area contributed by atoms with Crippen LogP contribution < -0.4 is 0 Å². The molecular formula is C17H17N4OP. The Kier molecular flexibility index (Phi) is 3.13. The van der Waals surface area contributed by atoms with Gasteiger partial charge < -0.3 is 0 Å². The molecule has 0 aliphatic carbocycles. The van der Waals surface area contributed by atoms with Gasteiger partial charge in [0.15, 0.2) is 0 Å². The number of hydrogen-bond donors (Lipinski definition) is 0. The Hall–Kier alpha value is -2.39. The molecule has 1 aliphatic rings. The Morgan fingerprint density at radius 3 is 2.52 bits per heavy atom. The number of hydrogen-bond acceptors (Lipinski definition) is 3. The maximum atomic E-state index is 13.6. The van der Waals surface area contributed by atoms with Crippen LogP contribution in [-0.4, -0.2) is 26.5 Å². The second-order valence-corrected chi connectivity index (χ2v) is 8.30. The minimum absolute atomic E-state index is 0.527. The van der Waals surface area contributed by atoms with E-state index in [0.29, 0.717) is 12.5 Å². The van der Waals surface area contributed by atoms with Crippen molar-refractivity contribution in [3.63, 3.8) is 0 Å². The highest BCUT2D eigenvalue weighted by Crippen LogP contribution is 2.55. The Bertz CT molecular complexity index is 961. The second kappa shape index (κ2) is 5.07. The van der Waals surface area contributed by atoms with Crippen LogP contribution in [0, 0.1) is 0 Å². The summed E-state index contributed by atoms with van der Waals surface area (Å²) in [5.41, 5.74) is 2.79. The smallest absolute Gasteiger partial charge is 0.268 e. The zero-order valence-corrected chi connectivity index (χ0v) is 13.9. The number of rotatable bonds is 2. The van der Waals surface area contributed by atoms with Gasteiger partial charge in [0.05, 0.1) is 17.6 Å². The van der Waals surface area contributed by atoms with Crippen LogP contribution >= 0.6 is 7.44 Å². The largest absolute Gasteiger partial charge is 0.290 e. The van der Waals surface area contributed by atoms with Crippen LogP contribution in [0.15, 0.2) is 59.6 Å². The molecule has 0 radical (unpaired) electrons. The lowest BCUT2D eigenvalue weighted by molar-refractivity contribution is 0.505. The Morgan fingerprint density at radius 2 is 1.74 bits per heavy atom. The molecule has 23 heavy (non-hydrogen) atoms. The van der Waals surface area contributed by atoms with Crippen LogP contribution in [-0.2, 0) is 11.1 Å². The van der Waals surface area contributed by atoms with Gasteiger partial charge in [-0.2, -0.15) is 4.99 Å². The van der Waals surface area contributed by atoms with Gasteiger partial charge >= 0.3 is 0 Å². The average molecular weight is 324 g/mol. The van der Waals surface area contributed by atoms with Crippen molar-refractivity contribution >= 4 is 30.3 Å². The molecule has 1 aliphatic heterocycles. The van der Waals surface area contributed by atoms with Crippen molar-refractivity contribution < 1.29 is 4.57 Å². The maximum absolute atomic E-state index is 13.6. The van der Waals surface area contributed by atoms with Crippen molar-refractivity contribution in [2.45, 2.75) is 13.5 Å². The predicted molar refractivity (Wildman–Crippen MR) is 93.4 cm³/mol. The Morgan fingerprint density at radius 1 is 1.04 bits per heavy atom. The van der Waals surface area contributed by atoms with E-state index in [-0.39, 0.29) is 0 Å². The second-order valence-electron chi connectivity index (χ2n) is 5.75. The fraction of sp³-hybridized carbons (Fsp3) is 0.176. The molecule has 1 unspecified atom stereocenters. The van der Waals surface area contributed by atoms with E-state index in [2.05, 4.69) is 9.98 Å². The minimum atomic E-state index is -2.85. The summed E-state index contributed by atoms with van der Waals surface area (Å²) in [7, 11) is -2.85. The number of benzene rings is 2. The highest BCUT2D eigenvalue weighted by molar-refractivity contribution is 7.60. The molecule has 116 valence electrons. The molecule has 0 fully saturated rings. The molecule has 0 N–H and O–H groups in total. The van der Waals surface area contributed by atoms with Crippen LogP contribution in [0.5, 0.6) is 0 Å². The van der Waals surface area contributed by atoms with E-state index in [9.17, 15) is 4.57 Å². The molecule has 6 heteroatoms. The third kappa shape index (κ3) is 2.20. The number of para-hydroxylation sites is 2. The van der Waals surface area contributed by atoms with Crippen molar-refractivity contribution in [2.24, 2.45) is 4.99 Å². The first kappa shape index (κ1) is 14.2. The van der Waals surface area contributed by atoms with Crippen molar-refractivity contribution in [2.75, 3.05) is 6.66 Å². The zero-order chi connectivity index (χ0) is 16.0. The van der Waals surface area contributed by atoms with Crippen LogP contribution in [0.2, 0.25) is 0 Å². The van der Waals surface area contributed by atoms with E-state index in [4.69, 9.17) is 0 Å². The number of fused-ring (bicyclic) bond motifs is 3. The number of aromatic nitrogens is 2. The highest BCUT2D eigenvalue weighted by atomic mass is 31.2. The van der Waals surface area contributed by atoms with E-state index < -0.39 is 7.44 Å². The number of imidazole rings is 1. The van der Waals surface area contributed by atoms with Crippen LogP contribution in [0.1, 0.15) is 12.5 Å². The van der Waals surface area contributed by atoms with Crippen molar-refractivity contribution in [1.29, 1.82) is 0 Å². The summed E-state index contributed by atoms with van der Waals surface area (Å²) in [5.74, 6) is 1.27. The predicted octanol–water partition coefficient (Wildman–Crippen LogP) is 4.27. The van der Waals surface area contributed by atoms with Crippen molar-refractivity contribution in [1.82, 2.24) is 14.0 Å². The molecule has 4 rings (SSSR count). The summed E-state index contributed by atoms with van der Waals surface area (Å²) in [4.78, 5) is 9.10. The summed E-state index contributed by atoms with van der Waals surface area (Å²) >= 11 is 0. The number of aliphatic imine (C=N–C) groups is 1. The summed E-state index contributed by atoms with van der Waals surface area (Å²) < 4.78 is 17.3. The number of nitrogens with zero attached hydrogens (tertiary/aromatic N) is 4. The monoisotopic (exact) mass is 324 g/mol. The third-order valence-electron chi connectivity index (χ3n) is 4.15. The van der Waals surface area contributed by atoms with Crippen LogP contribution in [0.4, 0.5) is 5.95 Å². The quantitative estimate of drug-likeness (QED) is 0.661. The van der Waals surface area contributed by atoms with E-state index in [1.807, 2.05) is 66.2 Å². The molecular weight excluding hydrogens is 307 g/mol. The van der Waals surface area contributed by atoms with E-state index in [0.717, 1.165) is 22.4 Å². The molecule has 0 saturated carbocycles. The van der Waals surface area contributed by atoms with E-state index in [1.165, 1.54) is 0 Å². The first-order valence-corrected chi connectivity index (χ1v) is 9.56. The first-order chi connectivity index (χ1) is 11.1. The third-order valence-corrected chi connectivity index (χ3v) is 6.61. The van der Waals surface area contributed by atoms with Crippen molar-refractivity contribution in [3.8, 4) is 0 Å².